The van der Waals surface area contributed by atoms with Gasteiger partial charge in [0.2, 0.25) is 5.91 Å². The van der Waals surface area contributed by atoms with Crippen molar-refractivity contribution in [2.24, 2.45) is 5.41 Å². The third-order valence-corrected chi connectivity index (χ3v) is 3.15. The van der Waals surface area contributed by atoms with Crippen LogP contribution < -0.4 is 5.32 Å². The summed E-state index contributed by atoms with van der Waals surface area (Å²) in [5.41, 5.74) is -0.923. The minimum absolute atomic E-state index is 0.215. The summed E-state index contributed by atoms with van der Waals surface area (Å²) in [5.74, 6) is -0.469. The van der Waals surface area contributed by atoms with Gasteiger partial charge in [0.05, 0.1) is 12.7 Å². The maximum atomic E-state index is 12.2. The summed E-state index contributed by atoms with van der Waals surface area (Å²) >= 11 is 0. The zero-order valence-electron chi connectivity index (χ0n) is 12.8. The maximum Gasteiger partial charge on any atom is 0.305 e. The first-order valence-electron chi connectivity index (χ1n) is 7.41. The van der Waals surface area contributed by atoms with E-state index in [0.717, 1.165) is 12.8 Å². The molecule has 0 fully saturated rings. The minimum Gasteiger partial charge on any atom is -0.466 e. The van der Waals surface area contributed by atoms with Crippen LogP contribution in [0.15, 0.2) is 0 Å². The first-order chi connectivity index (χ1) is 9.56. The molecule has 0 bridgehead atoms. The van der Waals surface area contributed by atoms with Gasteiger partial charge >= 0.3 is 5.97 Å². The normalized spacial score (nSPS) is 10.7. The molecule has 0 aliphatic carbocycles. The molecule has 0 saturated heterocycles. The standard InChI is InChI=1S/C15H26N2O3/c1-4-9-15(12-16,10-5-2)14(19)17-11-7-8-13(18)20-6-3/h4-11H2,1-3H3,(H,17,19). The van der Waals surface area contributed by atoms with Crippen molar-refractivity contribution >= 4 is 11.9 Å². The van der Waals surface area contributed by atoms with E-state index < -0.39 is 5.41 Å². The first-order valence-corrected chi connectivity index (χ1v) is 7.41. The lowest BCUT2D eigenvalue weighted by atomic mass is 9.80. The summed E-state index contributed by atoms with van der Waals surface area (Å²) in [7, 11) is 0. The highest BCUT2D eigenvalue weighted by Crippen LogP contribution is 2.29. The van der Waals surface area contributed by atoms with Crippen molar-refractivity contribution in [1.82, 2.24) is 5.32 Å². The molecule has 0 saturated carbocycles. The molecule has 0 aromatic carbocycles. The Balaban J connectivity index is 4.27. The second kappa shape index (κ2) is 10.2. The molecule has 0 heterocycles. The second-order valence-corrected chi connectivity index (χ2v) is 4.86. The van der Waals surface area contributed by atoms with Gasteiger partial charge in [-0.15, -0.1) is 0 Å². The molecule has 0 radical (unpaired) electrons. The van der Waals surface area contributed by atoms with E-state index in [0.29, 0.717) is 32.4 Å². The predicted molar refractivity (Wildman–Crippen MR) is 76.7 cm³/mol. The Morgan fingerprint density at radius 2 is 1.80 bits per heavy atom. The molecule has 0 aliphatic heterocycles. The Morgan fingerprint density at radius 1 is 1.20 bits per heavy atom. The minimum atomic E-state index is -0.923. The average molecular weight is 282 g/mol. The van der Waals surface area contributed by atoms with Gasteiger partial charge in [-0.25, -0.2) is 0 Å². The number of ether oxygens (including phenoxy) is 1. The number of nitriles is 1. The van der Waals surface area contributed by atoms with Crippen molar-refractivity contribution in [3.63, 3.8) is 0 Å². The molecular formula is C15H26N2O3. The van der Waals surface area contributed by atoms with Crippen LogP contribution in [0.3, 0.4) is 0 Å². The highest BCUT2D eigenvalue weighted by molar-refractivity contribution is 5.85. The zero-order chi connectivity index (χ0) is 15.4. The van der Waals surface area contributed by atoms with Crippen molar-refractivity contribution in [3.8, 4) is 6.07 Å². The van der Waals surface area contributed by atoms with Crippen LogP contribution >= 0.6 is 0 Å². The van der Waals surface area contributed by atoms with Gasteiger partial charge in [-0.3, -0.25) is 9.59 Å². The molecule has 0 rings (SSSR count). The number of hydrogen-bond acceptors (Lipinski definition) is 4. The lowest BCUT2D eigenvalue weighted by Crippen LogP contribution is -2.40. The Bertz CT molecular complexity index is 342. The number of rotatable bonds is 10. The Labute approximate surface area is 121 Å². The van der Waals surface area contributed by atoms with Crippen LogP contribution in [0.25, 0.3) is 0 Å². The van der Waals surface area contributed by atoms with Gasteiger partial charge in [-0.05, 0) is 26.2 Å². The van der Waals surface area contributed by atoms with Crippen LogP contribution in [0, 0.1) is 16.7 Å². The molecule has 0 aliphatic rings. The third-order valence-electron chi connectivity index (χ3n) is 3.15. The summed E-state index contributed by atoms with van der Waals surface area (Å²) in [4.78, 5) is 23.4. The van der Waals surface area contributed by atoms with Gasteiger partial charge in [0.15, 0.2) is 0 Å². The molecule has 5 heteroatoms. The molecular weight excluding hydrogens is 256 g/mol. The van der Waals surface area contributed by atoms with Crippen LogP contribution in [0.1, 0.15) is 59.3 Å². The van der Waals surface area contributed by atoms with E-state index in [1.165, 1.54) is 0 Å². The van der Waals surface area contributed by atoms with Crippen LogP contribution in [0.5, 0.6) is 0 Å². The van der Waals surface area contributed by atoms with E-state index >= 15 is 0 Å². The quantitative estimate of drug-likeness (QED) is 0.493. The molecule has 114 valence electrons. The topological polar surface area (TPSA) is 79.2 Å². The molecule has 0 spiro atoms. The molecule has 1 amide bonds. The van der Waals surface area contributed by atoms with Gasteiger partial charge in [0.1, 0.15) is 5.41 Å². The number of carbonyl (C=O) groups is 2. The van der Waals surface area contributed by atoms with E-state index in [2.05, 4.69) is 11.4 Å². The highest BCUT2D eigenvalue weighted by atomic mass is 16.5. The molecule has 0 aromatic heterocycles. The Kier molecular flexibility index (Phi) is 9.44. The van der Waals surface area contributed by atoms with Gasteiger partial charge in [0.25, 0.3) is 0 Å². The fourth-order valence-corrected chi connectivity index (χ4v) is 2.21. The molecule has 0 atom stereocenters. The van der Waals surface area contributed by atoms with E-state index in [9.17, 15) is 14.9 Å². The van der Waals surface area contributed by atoms with Gasteiger partial charge < -0.3 is 10.1 Å². The monoisotopic (exact) mass is 282 g/mol. The number of hydrogen-bond donors (Lipinski definition) is 1. The van der Waals surface area contributed by atoms with Gasteiger partial charge in [-0.1, -0.05) is 26.7 Å². The number of esters is 1. The Hall–Kier alpha value is -1.57. The number of nitrogens with one attached hydrogen (secondary N) is 1. The van der Waals surface area contributed by atoms with Crippen molar-refractivity contribution in [2.45, 2.75) is 59.3 Å². The summed E-state index contributed by atoms with van der Waals surface area (Å²) in [6, 6.07) is 2.18. The molecule has 5 nitrogen and oxygen atoms in total. The lowest BCUT2D eigenvalue weighted by molar-refractivity contribution is -0.143. The van der Waals surface area contributed by atoms with E-state index in [1.807, 2.05) is 13.8 Å². The lowest BCUT2D eigenvalue weighted by Gasteiger charge is -2.24. The average Bonchev–Trinajstić information content (AvgIpc) is 2.43. The summed E-state index contributed by atoms with van der Waals surface area (Å²) in [6.45, 7) is 6.46. The van der Waals surface area contributed by atoms with E-state index in [-0.39, 0.29) is 18.3 Å². The van der Waals surface area contributed by atoms with Crippen molar-refractivity contribution in [1.29, 1.82) is 5.26 Å². The molecule has 0 unspecified atom stereocenters. The molecule has 20 heavy (non-hydrogen) atoms. The van der Waals surface area contributed by atoms with Crippen molar-refractivity contribution in [3.05, 3.63) is 0 Å². The number of amides is 1. The fourth-order valence-electron chi connectivity index (χ4n) is 2.21. The van der Waals surface area contributed by atoms with Crippen molar-refractivity contribution in [2.75, 3.05) is 13.2 Å². The number of nitrogens with zero attached hydrogens (tertiary/aromatic N) is 1. The molecule has 0 aromatic rings. The fraction of sp³-hybridized carbons (Fsp3) is 0.800. The smallest absolute Gasteiger partial charge is 0.305 e. The highest BCUT2D eigenvalue weighted by Gasteiger charge is 2.36. The second-order valence-electron chi connectivity index (χ2n) is 4.86. The summed E-state index contributed by atoms with van der Waals surface area (Å²) in [5, 5.41) is 12.1. The van der Waals surface area contributed by atoms with Crippen LogP contribution in [0.2, 0.25) is 0 Å². The van der Waals surface area contributed by atoms with Crippen molar-refractivity contribution < 1.29 is 14.3 Å². The predicted octanol–water partition coefficient (Wildman–Crippen LogP) is 2.56. The van der Waals surface area contributed by atoms with Crippen LogP contribution in [0.4, 0.5) is 0 Å². The number of carbonyl (C=O) groups excluding carboxylic acids is 2. The summed E-state index contributed by atoms with van der Waals surface area (Å²) in [6.07, 6.45) is 3.55. The van der Waals surface area contributed by atoms with E-state index in [1.54, 1.807) is 6.92 Å². The first kappa shape index (κ1) is 18.4. The van der Waals surface area contributed by atoms with Gasteiger partial charge in [0, 0.05) is 13.0 Å². The van der Waals surface area contributed by atoms with Crippen LogP contribution in [-0.4, -0.2) is 25.0 Å². The maximum absolute atomic E-state index is 12.2. The zero-order valence-corrected chi connectivity index (χ0v) is 12.8. The van der Waals surface area contributed by atoms with Gasteiger partial charge in [-0.2, -0.15) is 5.26 Å². The SMILES string of the molecule is CCCC(C#N)(CCC)C(=O)NCCCC(=O)OCC. The Morgan fingerprint density at radius 3 is 2.25 bits per heavy atom. The van der Waals surface area contributed by atoms with Crippen LogP contribution in [-0.2, 0) is 14.3 Å². The van der Waals surface area contributed by atoms with E-state index in [4.69, 9.17) is 4.74 Å². The molecule has 1 N–H and O–H groups in total. The largest absolute Gasteiger partial charge is 0.466 e. The third kappa shape index (κ3) is 6.05. The summed E-state index contributed by atoms with van der Waals surface area (Å²) < 4.78 is 4.81.